The Labute approximate surface area is 239 Å². The molecule has 0 radical (unpaired) electrons. The van der Waals surface area contributed by atoms with Crippen LogP contribution in [0.15, 0.2) is 140 Å². The van der Waals surface area contributed by atoms with Gasteiger partial charge in [-0.1, -0.05) is 115 Å². The van der Waals surface area contributed by atoms with Gasteiger partial charge in [0.25, 0.3) is 0 Å². The normalized spacial score (nSPS) is 16.2. The van der Waals surface area contributed by atoms with Gasteiger partial charge in [-0.05, 0) is 91.9 Å². The highest BCUT2D eigenvalue weighted by Crippen LogP contribution is 2.55. The molecule has 1 unspecified atom stereocenters. The SMILES string of the molecule is CC1(c2ccccc2)c2cc(-c3ccc4c(c3)-c3cccc5cccc(c35)O4)ccc2-c2c1ccc1ccccc21. The molecule has 0 aromatic heterocycles. The molecule has 41 heavy (non-hydrogen) atoms. The lowest BCUT2D eigenvalue weighted by atomic mass is 9.73. The van der Waals surface area contributed by atoms with Crippen molar-refractivity contribution in [3.63, 3.8) is 0 Å². The Kier molecular flexibility index (Phi) is 4.52. The number of benzene rings is 7. The largest absolute Gasteiger partial charge is 0.456 e. The van der Waals surface area contributed by atoms with Gasteiger partial charge in [-0.25, -0.2) is 0 Å². The second-order valence-corrected chi connectivity index (χ2v) is 11.4. The van der Waals surface area contributed by atoms with Gasteiger partial charge in [0.05, 0.1) is 0 Å². The fourth-order valence-electron chi connectivity index (χ4n) is 7.31. The van der Waals surface area contributed by atoms with Gasteiger partial charge in [0.1, 0.15) is 11.5 Å². The molecule has 9 rings (SSSR count). The van der Waals surface area contributed by atoms with E-state index in [2.05, 4.69) is 146 Å². The summed E-state index contributed by atoms with van der Waals surface area (Å²) in [6.07, 6.45) is 0. The molecule has 2 aliphatic rings. The summed E-state index contributed by atoms with van der Waals surface area (Å²) in [4.78, 5) is 0. The van der Waals surface area contributed by atoms with Crippen LogP contribution in [0, 0.1) is 0 Å². The van der Waals surface area contributed by atoms with E-state index in [9.17, 15) is 0 Å². The minimum atomic E-state index is -0.256. The van der Waals surface area contributed by atoms with Crippen molar-refractivity contribution in [2.75, 3.05) is 0 Å². The zero-order valence-corrected chi connectivity index (χ0v) is 22.7. The lowest BCUT2D eigenvalue weighted by molar-refractivity contribution is 0.487. The van der Waals surface area contributed by atoms with Gasteiger partial charge in [-0.3, -0.25) is 0 Å². The van der Waals surface area contributed by atoms with Gasteiger partial charge in [-0.2, -0.15) is 0 Å². The number of hydrogen-bond acceptors (Lipinski definition) is 1. The smallest absolute Gasteiger partial charge is 0.135 e. The first-order valence-corrected chi connectivity index (χ1v) is 14.3. The molecule has 0 amide bonds. The van der Waals surface area contributed by atoms with Crippen LogP contribution in [0.25, 0.3) is 54.9 Å². The Bertz CT molecular complexity index is 2180. The summed E-state index contributed by atoms with van der Waals surface area (Å²) >= 11 is 0. The summed E-state index contributed by atoms with van der Waals surface area (Å²) in [6, 6.07) is 50.9. The highest BCUT2D eigenvalue weighted by molar-refractivity contribution is 6.05. The van der Waals surface area contributed by atoms with Crippen molar-refractivity contribution in [1.82, 2.24) is 0 Å². The molecule has 1 heterocycles. The summed E-state index contributed by atoms with van der Waals surface area (Å²) in [7, 11) is 0. The van der Waals surface area contributed by atoms with Gasteiger partial charge in [0, 0.05) is 16.4 Å². The highest BCUT2D eigenvalue weighted by atomic mass is 16.5. The van der Waals surface area contributed by atoms with Gasteiger partial charge in [-0.15, -0.1) is 0 Å². The molecule has 0 saturated carbocycles. The van der Waals surface area contributed by atoms with Crippen LogP contribution < -0.4 is 4.74 Å². The average molecular weight is 523 g/mol. The third-order valence-electron chi connectivity index (χ3n) is 9.34. The fourth-order valence-corrected chi connectivity index (χ4v) is 7.31. The molecule has 1 aliphatic carbocycles. The lowest BCUT2D eigenvalue weighted by Crippen LogP contribution is -2.22. The van der Waals surface area contributed by atoms with E-state index >= 15 is 0 Å². The van der Waals surface area contributed by atoms with Crippen molar-refractivity contribution in [3.8, 4) is 44.9 Å². The molecule has 7 aromatic rings. The van der Waals surface area contributed by atoms with Gasteiger partial charge in [0.2, 0.25) is 0 Å². The third-order valence-corrected chi connectivity index (χ3v) is 9.34. The molecule has 0 fully saturated rings. The van der Waals surface area contributed by atoms with Gasteiger partial charge in [0.15, 0.2) is 0 Å². The number of ether oxygens (including phenoxy) is 1. The van der Waals surface area contributed by atoms with Gasteiger partial charge < -0.3 is 4.74 Å². The van der Waals surface area contributed by atoms with E-state index in [1.807, 2.05) is 0 Å². The van der Waals surface area contributed by atoms with Crippen molar-refractivity contribution < 1.29 is 4.74 Å². The second kappa shape index (κ2) is 8.19. The van der Waals surface area contributed by atoms with E-state index in [1.165, 1.54) is 66.1 Å². The van der Waals surface area contributed by atoms with Crippen molar-refractivity contribution in [1.29, 1.82) is 0 Å². The molecule has 0 spiro atoms. The summed E-state index contributed by atoms with van der Waals surface area (Å²) in [5.74, 6) is 1.84. The molecule has 0 saturated heterocycles. The number of hydrogen-bond donors (Lipinski definition) is 0. The van der Waals surface area contributed by atoms with Crippen LogP contribution in [-0.4, -0.2) is 0 Å². The average Bonchev–Trinajstić information content (AvgIpc) is 3.30. The zero-order chi connectivity index (χ0) is 27.1. The van der Waals surface area contributed by atoms with Crippen molar-refractivity contribution in [2.45, 2.75) is 12.3 Å². The van der Waals surface area contributed by atoms with Crippen LogP contribution in [0.1, 0.15) is 23.6 Å². The Morgan fingerprint density at radius 3 is 2.15 bits per heavy atom. The molecule has 7 aromatic carbocycles. The standard InChI is InChI=1S/C40H26O/c1-40(29-12-3-2-4-13-29)34-21-18-25-9-5-6-14-30(25)39(34)32-20-17-28(24-35(32)40)27-19-22-36-33(23-27)31-15-7-10-26-11-8-16-37(41-36)38(26)31/h2-24H,1H3. The van der Waals surface area contributed by atoms with E-state index in [4.69, 9.17) is 4.74 Å². The second-order valence-electron chi connectivity index (χ2n) is 11.4. The Balaban J connectivity index is 1.27. The van der Waals surface area contributed by atoms with Crippen molar-refractivity contribution >= 4 is 21.5 Å². The van der Waals surface area contributed by atoms with Crippen LogP contribution in [0.2, 0.25) is 0 Å². The van der Waals surface area contributed by atoms with E-state index in [-0.39, 0.29) is 5.41 Å². The monoisotopic (exact) mass is 522 g/mol. The minimum absolute atomic E-state index is 0.256. The molecule has 1 heteroatoms. The Hall–Kier alpha value is -5.14. The molecule has 1 nitrogen and oxygen atoms in total. The summed E-state index contributed by atoms with van der Waals surface area (Å²) in [6.45, 7) is 2.39. The summed E-state index contributed by atoms with van der Waals surface area (Å²) < 4.78 is 6.39. The number of rotatable bonds is 2. The number of fused-ring (bicyclic) bond motifs is 7. The van der Waals surface area contributed by atoms with Crippen molar-refractivity contribution in [3.05, 3.63) is 156 Å². The van der Waals surface area contributed by atoms with E-state index in [0.717, 1.165) is 17.1 Å². The van der Waals surface area contributed by atoms with E-state index in [0.29, 0.717) is 0 Å². The van der Waals surface area contributed by atoms with Crippen LogP contribution in [0.5, 0.6) is 11.5 Å². The first-order valence-electron chi connectivity index (χ1n) is 14.3. The van der Waals surface area contributed by atoms with Crippen molar-refractivity contribution in [2.24, 2.45) is 0 Å². The maximum absolute atomic E-state index is 6.39. The molecule has 1 atom stereocenters. The van der Waals surface area contributed by atoms with Crippen LogP contribution in [-0.2, 0) is 5.41 Å². The molecular formula is C40H26O. The summed E-state index contributed by atoms with van der Waals surface area (Å²) in [5, 5.41) is 4.99. The quantitative estimate of drug-likeness (QED) is 0.219. The lowest BCUT2D eigenvalue weighted by Gasteiger charge is -2.29. The molecule has 1 aliphatic heterocycles. The predicted molar refractivity (Wildman–Crippen MR) is 170 cm³/mol. The minimum Gasteiger partial charge on any atom is -0.456 e. The highest BCUT2D eigenvalue weighted by Gasteiger charge is 2.41. The molecule has 0 N–H and O–H groups in total. The summed E-state index contributed by atoms with van der Waals surface area (Å²) in [5.41, 5.74) is 11.3. The zero-order valence-electron chi connectivity index (χ0n) is 22.7. The molecule has 0 bridgehead atoms. The topological polar surface area (TPSA) is 9.23 Å². The van der Waals surface area contributed by atoms with Crippen LogP contribution >= 0.6 is 0 Å². The van der Waals surface area contributed by atoms with Gasteiger partial charge >= 0.3 is 0 Å². The van der Waals surface area contributed by atoms with Crippen LogP contribution in [0.4, 0.5) is 0 Å². The van der Waals surface area contributed by atoms with E-state index < -0.39 is 0 Å². The Morgan fingerprint density at radius 2 is 1.24 bits per heavy atom. The van der Waals surface area contributed by atoms with E-state index in [1.54, 1.807) is 0 Å². The third kappa shape index (κ3) is 3.06. The predicted octanol–water partition coefficient (Wildman–Crippen LogP) is 10.8. The Morgan fingerprint density at radius 1 is 0.488 bits per heavy atom. The van der Waals surface area contributed by atoms with Crippen LogP contribution in [0.3, 0.4) is 0 Å². The first kappa shape index (κ1) is 22.7. The first-order chi connectivity index (χ1) is 20.2. The maximum Gasteiger partial charge on any atom is 0.135 e. The molecular weight excluding hydrogens is 496 g/mol. The molecule has 192 valence electrons. The fraction of sp³-hybridized carbons (Fsp3) is 0.0500. The maximum atomic E-state index is 6.39.